The Kier molecular flexibility index (Phi) is 7.98. The fraction of sp³-hybridized carbons (Fsp3) is 0.348. The van der Waals surface area contributed by atoms with Crippen LogP contribution < -0.4 is 15.5 Å². The van der Waals surface area contributed by atoms with Gasteiger partial charge in [-0.05, 0) is 30.7 Å². The molecule has 0 aliphatic carbocycles. The van der Waals surface area contributed by atoms with Gasteiger partial charge in [0.05, 0.1) is 19.8 Å². The predicted molar refractivity (Wildman–Crippen MR) is 133 cm³/mol. The van der Waals surface area contributed by atoms with Crippen molar-refractivity contribution >= 4 is 46.6 Å². The standard InChI is InChI=1S/C23H28N4O2.HI/c1-17-20-5-3-4-6-21(20)29-22(17)16-26-23(24-2)25-15-18-7-9-19(10-8-18)27-11-13-28-14-12-27;/h3-10H,11-16H2,1-2H3,(H2,24,25,26);1H. The highest BCUT2D eigenvalue weighted by Crippen LogP contribution is 2.24. The molecule has 160 valence electrons. The lowest BCUT2D eigenvalue weighted by molar-refractivity contribution is 0.122. The number of halogens is 1. The summed E-state index contributed by atoms with van der Waals surface area (Å²) < 4.78 is 11.4. The lowest BCUT2D eigenvalue weighted by Crippen LogP contribution is -2.36. The van der Waals surface area contributed by atoms with E-state index in [1.807, 2.05) is 18.2 Å². The number of hydrogen-bond donors (Lipinski definition) is 2. The van der Waals surface area contributed by atoms with E-state index in [-0.39, 0.29) is 24.0 Å². The van der Waals surface area contributed by atoms with Crippen LogP contribution in [0.25, 0.3) is 11.0 Å². The molecule has 0 atom stereocenters. The molecule has 6 nitrogen and oxygen atoms in total. The molecule has 1 saturated heterocycles. The third-order valence-electron chi connectivity index (χ3n) is 5.36. The summed E-state index contributed by atoms with van der Waals surface area (Å²) >= 11 is 0. The molecule has 0 saturated carbocycles. The lowest BCUT2D eigenvalue weighted by Gasteiger charge is -2.28. The van der Waals surface area contributed by atoms with Crippen molar-refractivity contribution in [3.05, 3.63) is 65.4 Å². The number of guanidine groups is 1. The van der Waals surface area contributed by atoms with E-state index in [1.54, 1.807) is 7.05 Å². The minimum Gasteiger partial charge on any atom is -0.459 e. The van der Waals surface area contributed by atoms with Crippen LogP contribution in [0.2, 0.25) is 0 Å². The highest BCUT2D eigenvalue weighted by atomic mass is 127. The first kappa shape index (κ1) is 22.4. The van der Waals surface area contributed by atoms with Crippen LogP contribution in [0, 0.1) is 6.92 Å². The fourth-order valence-electron chi connectivity index (χ4n) is 3.61. The van der Waals surface area contributed by atoms with Gasteiger partial charge in [-0.2, -0.15) is 0 Å². The third-order valence-corrected chi connectivity index (χ3v) is 5.36. The minimum atomic E-state index is 0. The first-order valence-electron chi connectivity index (χ1n) is 10.1. The Labute approximate surface area is 194 Å². The van der Waals surface area contributed by atoms with Crippen LogP contribution in [0.3, 0.4) is 0 Å². The van der Waals surface area contributed by atoms with E-state index in [2.05, 4.69) is 57.8 Å². The quantitative estimate of drug-likeness (QED) is 0.302. The van der Waals surface area contributed by atoms with Crippen molar-refractivity contribution in [1.82, 2.24) is 10.6 Å². The first-order chi connectivity index (χ1) is 14.2. The Morgan fingerprint density at radius 3 is 2.40 bits per heavy atom. The minimum absolute atomic E-state index is 0. The van der Waals surface area contributed by atoms with E-state index in [1.165, 1.54) is 16.8 Å². The van der Waals surface area contributed by atoms with Crippen LogP contribution in [0.1, 0.15) is 16.9 Å². The van der Waals surface area contributed by atoms with Crippen molar-refractivity contribution < 1.29 is 9.15 Å². The molecule has 0 bridgehead atoms. The molecule has 30 heavy (non-hydrogen) atoms. The van der Waals surface area contributed by atoms with Gasteiger partial charge in [-0.15, -0.1) is 24.0 Å². The van der Waals surface area contributed by atoms with Gasteiger partial charge in [-0.3, -0.25) is 4.99 Å². The Morgan fingerprint density at radius 2 is 1.70 bits per heavy atom. The SMILES string of the molecule is CN=C(NCc1ccc(N2CCOCC2)cc1)NCc1oc2ccccc2c1C.I. The Balaban J connectivity index is 0.00000256. The Morgan fingerprint density at radius 1 is 1.00 bits per heavy atom. The Hall–Kier alpha value is -2.26. The molecular weight excluding hydrogens is 491 g/mol. The molecule has 0 unspecified atom stereocenters. The van der Waals surface area contributed by atoms with E-state index in [0.29, 0.717) is 13.1 Å². The third kappa shape index (κ3) is 5.26. The molecular formula is C23H29IN4O2. The summed E-state index contributed by atoms with van der Waals surface area (Å²) in [4.78, 5) is 6.68. The maximum Gasteiger partial charge on any atom is 0.191 e. The summed E-state index contributed by atoms with van der Waals surface area (Å²) in [5, 5.41) is 7.88. The number of anilines is 1. The van der Waals surface area contributed by atoms with Crippen molar-refractivity contribution in [3.8, 4) is 0 Å². The molecule has 1 fully saturated rings. The van der Waals surface area contributed by atoms with Crippen molar-refractivity contribution in [1.29, 1.82) is 0 Å². The number of ether oxygens (including phenoxy) is 1. The molecule has 7 heteroatoms. The van der Waals surface area contributed by atoms with Crippen LogP contribution in [0.5, 0.6) is 0 Å². The van der Waals surface area contributed by atoms with Crippen LogP contribution >= 0.6 is 24.0 Å². The summed E-state index contributed by atoms with van der Waals surface area (Å²) in [6.07, 6.45) is 0. The molecule has 4 rings (SSSR count). The molecule has 0 radical (unpaired) electrons. The molecule has 0 amide bonds. The monoisotopic (exact) mass is 520 g/mol. The van der Waals surface area contributed by atoms with E-state index in [4.69, 9.17) is 9.15 Å². The van der Waals surface area contributed by atoms with Gasteiger partial charge in [0, 0.05) is 43.3 Å². The number of para-hydroxylation sites is 1. The van der Waals surface area contributed by atoms with Crippen LogP contribution in [-0.4, -0.2) is 39.3 Å². The van der Waals surface area contributed by atoms with Gasteiger partial charge in [0.2, 0.25) is 0 Å². The van der Waals surface area contributed by atoms with E-state index in [9.17, 15) is 0 Å². The molecule has 1 aliphatic rings. The van der Waals surface area contributed by atoms with Gasteiger partial charge in [-0.25, -0.2) is 0 Å². The van der Waals surface area contributed by atoms with E-state index >= 15 is 0 Å². The van der Waals surface area contributed by atoms with Gasteiger partial charge in [-0.1, -0.05) is 30.3 Å². The van der Waals surface area contributed by atoms with Gasteiger partial charge in [0.25, 0.3) is 0 Å². The largest absolute Gasteiger partial charge is 0.459 e. The van der Waals surface area contributed by atoms with Crippen LogP contribution in [-0.2, 0) is 17.8 Å². The number of nitrogens with one attached hydrogen (secondary N) is 2. The number of nitrogens with zero attached hydrogens (tertiary/aromatic N) is 2. The number of fused-ring (bicyclic) bond motifs is 1. The highest BCUT2D eigenvalue weighted by Gasteiger charge is 2.12. The predicted octanol–water partition coefficient (Wildman–Crippen LogP) is 4.06. The van der Waals surface area contributed by atoms with Crippen LogP contribution in [0.15, 0.2) is 57.9 Å². The van der Waals surface area contributed by atoms with Crippen molar-refractivity contribution in [2.45, 2.75) is 20.0 Å². The number of rotatable bonds is 5. The molecule has 1 aromatic heterocycles. The average Bonchev–Trinajstić information content (AvgIpc) is 3.11. The second kappa shape index (κ2) is 10.7. The summed E-state index contributed by atoms with van der Waals surface area (Å²) in [6.45, 7) is 6.91. The second-order valence-corrected chi connectivity index (χ2v) is 7.19. The summed E-state index contributed by atoms with van der Waals surface area (Å²) in [5.74, 6) is 1.69. The number of benzene rings is 2. The van der Waals surface area contributed by atoms with Gasteiger partial charge >= 0.3 is 0 Å². The number of morpholine rings is 1. The van der Waals surface area contributed by atoms with Gasteiger partial charge in [0.15, 0.2) is 5.96 Å². The molecule has 0 spiro atoms. The average molecular weight is 520 g/mol. The highest BCUT2D eigenvalue weighted by molar-refractivity contribution is 14.0. The summed E-state index contributed by atoms with van der Waals surface area (Å²) in [6, 6.07) is 16.8. The summed E-state index contributed by atoms with van der Waals surface area (Å²) in [7, 11) is 1.78. The molecule has 3 aromatic rings. The normalized spacial score (nSPS) is 14.5. The van der Waals surface area contributed by atoms with E-state index in [0.717, 1.165) is 49.0 Å². The zero-order valence-electron chi connectivity index (χ0n) is 17.5. The smallest absolute Gasteiger partial charge is 0.191 e. The van der Waals surface area contributed by atoms with Crippen molar-refractivity contribution in [2.24, 2.45) is 4.99 Å². The number of aryl methyl sites for hydroxylation is 1. The van der Waals surface area contributed by atoms with Crippen LogP contribution in [0.4, 0.5) is 5.69 Å². The number of hydrogen-bond acceptors (Lipinski definition) is 4. The molecule has 2 aromatic carbocycles. The maximum atomic E-state index is 5.97. The maximum absolute atomic E-state index is 5.97. The van der Waals surface area contributed by atoms with Gasteiger partial charge < -0.3 is 24.7 Å². The van der Waals surface area contributed by atoms with Gasteiger partial charge in [0.1, 0.15) is 11.3 Å². The molecule has 2 N–H and O–H groups in total. The fourth-order valence-corrected chi connectivity index (χ4v) is 3.61. The zero-order chi connectivity index (χ0) is 20.1. The number of furan rings is 1. The second-order valence-electron chi connectivity index (χ2n) is 7.19. The van der Waals surface area contributed by atoms with Crippen molar-refractivity contribution in [3.63, 3.8) is 0 Å². The lowest BCUT2D eigenvalue weighted by atomic mass is 10.1. The zero-order valence-corrected chi connectivity index (χ0v) is 19.8. The first-order valence-corrected chi connectivity index (χ1v) is 10.1. The Bertz CT molecular complexity index is 979. The topological polar surface area (TPSA) is 62.0 Å². The molecule has 2 heterocycles. The molecule has 1 aliphatic heterocycles. The van der Waals surface area contributed by atoms with E-state index < -0.39 is 0 Å². The van der Waals surface area contributed by atoms with Crippen molar-refractivity contribution in [2.75, 3.05) is 38.3 Å². The number of aliphatic imine (C=N–C) groups is 1. The summed E-state index contributed by atoms with van der Waals surface area (Å²) in [5.41, 5.74) is 4.55.